The second-order valence-electron chi connectivity index (χ2n) is 8.40. The number of likely N-dealkylation sites (tertiary alicyclic amines) is 1. The number of carbonyl (C=O) groups is 1. The first-order valence-electron chi connectivity index (χ1n) is 11.2. The average Bonchev–Trinajstić information content (AvgIpc) is 2.79. The van der Waals surface area contributed by atoms with Gasteiger partial charge in [0.15, 0.2) is 0 Å². The maximum absolute atomic E-state index is 13.1. The van der Waals surface area contributed by atoms with Gasteiger partial charge >= 0.3 is 31.1 Å². The Labute approximate surface area is 229 Å². The van der Waals surface area contributed by atoms with Crippen molar-refractivity contribution in [2.75, 3.05) is 32.7 Å². The van der Waals surface area contributed by atoms with Gasteiger partial charge in [0.05, 0.1) is 17.7 Å². The molecule has 1 amide bonds. The number of hydrogen-bond donors (Lipinski definition) is 0. The molecule has 1 aliphatic rings. The third kappa shape index (κ3) is 9.03. The molecule has 2 aromatic rings. The summed E-state index contributed by atoms with van der Waals surface area (Å²) in [6, 6.07) is 10.6. The number of benzene rings is 1. The molecule has 34 heavy (non-hydrogen) atoms. The molecule has 0 saturated carbocycles. The molecule has 3 rings (SSSR count). The van der Waals surface area contributed by atoms with Crippen molar-refractivity contribution in [3.63, 3.8) is 0 Å². The SMILES string of the molecule is CC(C)Oc1ccc(C(=O)N2CC[C-](CN(C[CH-]c3ccccn3)CC(F)F)CC2)cc1Cl.[U+2]. The smallest absolute Gasteiger partial charge is 0.489 e. The van der Waals surface area contributed by atoms with Crippen LogP contribution in [0.25, 0.3) is 0 Å². The van der Waals surface area contributed by atoms with Gasteiger partial charge in [0.1, 0.15) is 5.75 Å². The summed E-state index contributed by atoms with van der Waals surface area (Å²) in [5, 5.41) is 0.408. The van der Waals surface area contributed by atoms with Crippen molar-refractivity contribution < 1.29 is 49.4 Å². The van der Waals surface area contributed by atoms with Gasteiger partial charge in [-0.3, -0.25) is 15.7 Å². The van der Waals surface area contributed by atoms with E-state index in [1.54, 1.807) is 34.2 Å². The van der Waals surface area contributed by atoms with Crippen molar-refractivity contribution in [1.82, 2.24) is 14.8 Å². The van der Waals surface area contributed by atoms with Crippen LogP contribution in [0.1, 0.15) is 42.7 Å². The van der Waals surface area contributed by atoms with Gasteiger partial charge in [-0.25, -0.2) is 8.78 Å². The molecule has 0 atom stereocenters. The second kappa shape index (κ2) is 14.3. The molecule has 2 heterocycles. The monoisotopic (exact) mass is 715 g/mol. The van der Waals surface area contributed by atoms with Gasteiger partial charge in [-0.15, -0.1) is 12.6 Å². The van der Waals surface area contributed by atoms with E-state index in [9.17, 15) is 13.6 Å². The largest absolute Gasteiger partial charge is 2.00 e. The Hall–Kier alpha value is -1.33. The molecule has 1 aromatic carbocycles. The molecule has 5 nitrogen and oxygen atoms in total. The van der Waals surface area contributed by atoms with E-state index in [0.29, 0.717) is 55.4 Å². The van der Waals surface area contributed by atoms with E-state index in [0.717, 1.165) is 5.69 Å². The van der Waals surface area contributed by atoms with Crippen molar-refractivity contribution in [2.24, 2.45) is 0 Å². The number of amides is 1. The minimum atomic E-state index is -2.41. The summed E-state index contributed by atoms with van der Waals surface area (Å²) in [4.78, 5) is 20.7. The van der Waals surface area contributed by atoms with Gasteiger partial charge in [-0.2, -0.15) is 25.3 Å². The van der Waals surface area contributed by atoms with E-state index in [2.05, 4.69) is 4.98 Å². The van der Waals surface area contributed by atoms with Crippen LogP contribution in [0.5, 0.6) is 5.75 Å². The number of alkyl halides is 2. The minimum Gasteiger partial charge on any atom is -0.489 e. The molecule has 1 saturated heterocycles. The molecule has 0 N–H and O–H groups in total. The summed E-state index contributed by atoms with van der Waals surface area (Å²) in [5.74, 6) is 1.65. The Balaban J connectivity index is 0.00000408. The summed E-state index contributed by atoms with van der Waals surface area (Å²) in [7, 11) is 0. The molecule has 0 bridgehead atoms. The number of halogens is 3. The van der Waals surface area contributed by atoms with Crippen LogP contribution < -0.4 is 4.74 Å². The Bertz CT molecular complexity index is 897. The topological polar surface area (TPSA) is 45.7 Å². The first-order valence-corrected chi connectivity index (χ1v) is 11.5. The van der Waals surface area contributed by atoms with Crippen LogP contribution in [0.4, 0.5) is 8.78 Å². The zero-order valence-corrected chi connectivity index (χ0v) is 24.4. The second-order valence-corrected chi connectivity index (χ2v) is 8.81. The number of ether oxygens (including phenoxy) is 1. The van der Waals surface area contributed by atoms with Gasteiger partial charge in [-0.1, -0.05) is 23.4 Å². The fourth-order valence-corrected chi connectivity index (χ4v) is 4.01. The van der Waals surface area contributed by atoms with E-state index in [-0.39, 0.29) is 49.7 Å². The van der Waals surface area contributed by atoms with Gasteiger partial charge < -0.3 is 14.5 Å². The van der Waals surface area contributed by atoms with Gasteiger partial charge in [-0.05, 0) is 51.7 Å². The first kappa shape index (κ1) is 28.9. The fraction of sp³-hybridized carbons (Fsp3) is 0.440. The zero-order chi connectivity index (χ0) is 23.8. The quantitative estimate of drug-likeness (QED) is 0.320. The molecular weight excluding hydrogens is 686 g/mol. The normalized spacial score (nSPS) is 14.4. The van der Waals surface area contributed by atoms with Gasteiger partial charge in [0.2, 0.25) is 0 Å². The van der Waals surface area contributed by atoms with Crippen LogP contribution >= 0.6 is 11.6 Å². The molecule has 182 valence electrons. The van der Waals surface area contributed by atoms with E-state index in [1.807, 2.05) is 38.5 Å². The molecule has 0 radical (unpaired) electrons. The van der Waals surface area contributed by atoms with Crippen molar-refractivity contribution in [3.05, 3.63) is 71.2 Å². The molecule has 1 aromatic heterocycles. The molecule has 0 unspecified atom stereocenters. The van der Waals surface area contributed by atoms with Crippen molar-refractivity contribution in [1.29, 1.82) is 0 Å². The molecule has 9 heteroatoms. The van der Waals surface area contributed by atoms with E-state index < -0.39 is 6.43 Å². The standard InChI is InChI=1S/C25H30ClF2N3O2.U/c1-18(2)33-23-7-6-20(15-22(23)26)25(32)31-13-8-19(9-14-31)16-30(17-24(27)28)12-10-21-5-3-4-11-29-21;/h3-7,10-11,15,18,24H,8-9,12-14,16-17H2,1-2H3;/q-2;+2. The Morgan fingerprint density at radius 3 is 2.59 bits per heavy atom. The Kier molecular flexibility index (Phi) is 12.1. The van der Waals surface area contributed by atoms with Crippen LogP contribution in [-0.2, 0) is 0 Å². The summed E-state index contributed by atoms with van der Waals surface area (Å²) in [5.41, 5.74) is 1.29. The predicted molar refractivity (Wildman–Crippen MR) is 126 cm³/mol. The Morgan fingerprint density at radius 1 is 1.26 bits per heavy atom. The number of hydrogen-bond acceptors (Lipinski definition) is 4. The fourth-order valence-electron chi connectivity index (χ4n) is 3.78. The summed E-state index contributed by atoms with van der Waals surface area (Å²) >= 11 is 6.28. The zero-order valence-electron chi connectivity index (χ0n) is 19.5. The van der Waals surface area contributed by atoms with Crippen molar-refractivity contribution >= 4 is 17.5 Å². The van der Waals surface area contributed by atoms with Crippen molar-refractivity contribution in [2.45, 2.75) is 39.2 Å². The number of nitrogens with zero attached hydrogens (tertiary/aromatic N) is 3. The molecule has 0 aliphatic carbocycles. The molecule has 1 fully saturated rings. The van der Waals surface area contributed by atoms with E-state index in [4.69, 9.17) is 16.3 Å². The maximum Gasteiger partial charge on any atom is 2.00 e. The van der Waals surface area contributed by atoms with Gasteiger partial charge in [0.25, 0.3) is 12.3 Å². The first-order chi connectivity index (χ1) is 15.8. The van der Waals surface area contributed by atoms with Gasteiger partial charge in [0, 0.05) is 11.8 Å². The van der Waals surface area contributed by atoms with Crippen LogP contribution in [-0.4, -0.2) is 65.9 Å². The minimum absolute atomic E-state index is 0. The maximum atomic E-state index is 13.1. The third-order valence-corrected chi connectivity index (χ3v) is 5.68. The van der Waals surface area contributed by atoms with Crippen LogP contribution in [0.3, 0.4) is 0 Å². The third-order valence-electron chi connectivity index (χ3n) is 5.39. The van der Waals surface area contributed by atoms with E-state index >= 15 is 0 Å². The number of piperidine rings is 1. The number of pyridine rings is 1. The number of rotatable bonds is 10. The van der Waals surface area contributed by atoms with Crippen LogP contribution in [0.15, 0.2) is 42.6 Å². The molecule has 1 aliphatic heterocycles. The Morgan fingerprint density at radius 2 is 2.00 bits per heavy atom. The van der Waals surface area contributed by atoms with E-state index in [1.165, 1.54) is 5.92 Å². The average molecular weight is 716 g/mol. The van der Waals surface area contributed by atoms with Crippen molar-refractivity contribution in [3.8, 4) is 5.75 Å². The van der Waals surface area contributed by atoms with Crippen LogP contribution in [0.2, 0.25) is 5.02 Å². The number of carbonyl (C=O) groups excluding carboxylic acids is 1. The summed E-state index contributed by atoms with van der Waals surface area (Å²) in [6.45, 7) is 5.54. The van der Waals surface area contributed by atoms with Crippen LogP contribution in [0, 0.1) is 43.5 Å². The molecule has 0 spiro atoms. The molecular formula is C25H30ClF2N3O2U. The summed E-state index contributed by atoms with van der Waals surface area (Å²) < 4.78 is 31.8. The number of aromatic nitrogens is 1. The predicted octanol–water partition coefficient (Wildman–Crippen LogP) is 5.15. The summed E-state index contributed by atoms with van der Waals surface area (Å²) in [6.07, 6.45) is 2.51.